The molecule has 134 valence electrons. The fourth-order valence-corrected chi connectivity index (χ4v) is 2.96. The summed E-state index contributed by atoms with van der Waals surface area (Å²) in [6, 6.07) is 19.4. The number of para-hydroxylation sites is 2. The number of anilines is 1. The lowest BCUT2D eigenvalue weighted by atomic mass is 10.2. The van der Waals surface area contributed by atoms with E-state index < -0.39 is 0 Å². The van der Waals surface area contributed by atoms with Crippen molar-refractivity contribution >= 4 is 28.6 Å². The number of carbonyl (C=O) groups excluding carboxylic acids is 1. The maximum atomic E-state index is 12.9. The Bertz CT molecular complexity index is 1050. The maximum absolute atomic E-state index is 12.9. The predicted molar refractivity (Wildman–Crippen MR) is 106 cm³/mol. The fraction of sp³-hybridized carbons (Fsp3) is 0.0952. The van der Waals surface area contributed by atoms with Crippen LogP contribution in [0.3, 0.4) is 0 Å². The number of carbonyl (C=O) groups is 1. The number of hydrogen-bond acceptors (Lipinski definition) is 3. The number of nitrogens with one attached hydrogen (secondary N) is 1. The number of H-pyrrole nitrogens is 1. The molecule has 2 aromatic heterocycles. The summed E-state index contributed by atoms with van der Waals surface area (Å²) in [5.41, 5.74) is 2.55. The van der Waals surface area contributed by atoms with Crippen LogP contribution in [0.4, 0.5) is 5.69 Å². The van der Waals surface area contributed by atoms with Gasteiger partial charge in [-0.05, 0) is 30.3 Å². The zero-order chi connectivity index (χ0) is 18.5. The molecule has 0 radical (unpaired) electrons. The van der Waals surface area contributed by atoms with Crippen molar-refractivity contribution in [3.8, 4) is 0 Å². The van der Waals surface area contributed by atoms with Gasteiger partial charge in [0.1, 0.15) is 0 Å². The van der Waals surface area contributed by atoms with E-state index in [9.17, 15) is 4.79 Å². The van der Waals surface area contributed by atoms with E-state index in [1.165, 1.54) is 0 Å². The predicted octanol–water partition coefficient (Wildman–Crippen LogP) is 3.51. The minimum absolute atomic E-state index is 0.0968. The molecule has 0 unspecified atom stereocenters. The van der Waals surface area contributed by atoms with Crippen molar-refractivity contribution in [2.75, 3.05) is 11.4 Å². The first-order valence-corrected chi connectivity index (χ1v) is 8.76. The van der Waals surface area contributed by atoms with E-state index in [1.54, 1.807) is 23.2 Å². The molecule has 4 aromatic rings. The summed E-state index contributed by atoms with van der Waals surface area (Å²) < 4.78 is 1.81. The largest absolute Gasteiger partial charge is 0.307 e. The average molecular weight is 357 g/mol. The van der Waals surface area contributed by atoms with Crippen molar-refractivity contribution in [2.24, 2.45) is 0 Å². The van der Waals surface area contributed by atoms with Gasteiger partial charge in [0.15, 0.2) is 0 Å². The van der Waals surface area contributed by atoms with Crippen molar-refractivity contribution in [3.63, 3.8) is 0 Å². The van der Waals surface area contributed by atoms with Crippen molar-refractivity contribution in [1.29, 1.82) is 0 Å². The van der Waals surface area contributed by atoms with E-state index in [4.69, 9.17) is 0 Å². The zero-order valence-electron chi connectivity index (χ0n) is 14.7. The number of aromatic amines is 1. The van der Waals surface area contributed by atoms with Gasteiger partial charge in [0.25, 0.3) is 5.91 Å². The molecule has 0 aliphatic heterocycles. The van der Waals surface area contributed by atoms with Crippen molar-refractivity contribution < 1.29 is 4.79 Å². The number of hydrogen-bond donors (Lipinski definition) is 1. The van der Waals surface area contributed by atoms with Crippen molar-refractivity contribution in [2.45, 2.75) is 6.54 Å². The molecule has 6 nitrogen and oxygen atoms in total. The van der Waals surface area contributed by atoms with Crippen molar-refractivity contribution in [3.05, 3.63) is 84.8 Å². The number of amides is 1. The van der Waals surface area contributed by atoms with Gasteiger partial charge in [-0.25, -0.2) is 0 Å². The van der Waals surface area contributed by atoms with Crippen LogP contribution in [0.5, 0.6) is 0 Å². The van der Waals surface area contributed by atoms with Crippen LogP contribution in [0.25, 0.3) is 17.0 Å². The van der Waals surface area contributed by atoms with Gasteiger partial charge >= 0.3 is 0 Å². The van der Waals surface area contributed by atoms with E-state index >= 15 is 0 Å². The molecule has 0 bridgehead atoms. The van der Waals surface area contributed by atoms with Crippen LogP contribution >= 0.6 is 0 Å². The highest BCUT2D eigenvalue weighted by Crippen LogP contribution is 2.18. The molecule has 27 heavy (non-hydrogen) atoms. The maximum Gasteiger partial charge on any atom is 0.251 e. The first-order valence-electron chi connectivity index (χ1n) is 8.76. The van der Waals surface area contributed by atoms with Gasteiger partial charge in [-0.3, -0.25) is 14.6 Å². The van der Waals surface area contributed by atoms with Gasteiger partial charge < -0.3 is 4.90 Å². The quantitative estimate of drug-likeness (QED) is 0.537. The summed E-state index contributed by atoms with van der Waals surface area (Å²) in [4.78, 5) is 14.6. The molecule has 4 rings (SSSR count). The van der Waals surface area contributed by atoms with Gasteiger partial charge in [-0.2, -0.15) is 10.2 Å². The standard InChI is InChI=1S/C21H19N5O/c27-21(12-11-20-18-9-4-5-10-19(18)23-24-20)26(17-7-2-1-3-8-17)16-15-25-14-6-13-22-25/h1-14H,15-16H2,(H,23,24)/b12-11+. The third-order valence-corrected chi connectivity index (χ3v) is 4.33. The van der Waals surface area contributed by atoms with Crippen LogP contribution in [-0.4, -0.2) is 32.4 Å². The molecule has 0 saturated heterocycles. The highest BCUT2D eigenvalue weighted by atomic mass is 16.2. The summed E-state index contributed by atoms with van der Waals surface area (Å²) in [5.74, 6) is -0.0968. The Hall–Kier alpha value is -3.67. The van der Waals surface area contributed by atoms with Gasteiger partial charge in [0.05, 0.1) is 17.8 Å². The Kier molecular flexibility index (Phi) is 4.78. The third-order valence-electron chi connectivity index (χ3n) is 4.33. The van der Waals surface area contributed by atoms with Crippen LogP contribution < -0.4 is 4.90 Å². The molecular formula is C21H19N5O. The van der Waals surface area contributed by atoms with Crippen LogP contribution in [0, 0.1) is 0 Å². The van der Waals surface area contributed by atoms with E-state index in [1.807, 2.05) is 71.5 Å². The van der Waals surface area contributed by atoms with E-state index in [-0.39, 0.29) is 5.91 Å². The summed E-state index contributed by atoms with van der Waals surface area (Å²) in [6.07, 6.45) is 6.94. The van der Waals surface area contributed by atoms with Crippen LogP contribution in [0.15, 0.2) is 79.1 Å². The number of fused-ring (bicyclic) bond motifs is 1. The molecule has 6 heteroatoms. The Morgan fingerprint density at radius 3 is 2.70 bits per heavy atom. The second kappa shape index (κ2) is 7.70. The summed E-state index contributed by atoms with van der Waals surface area (Å²) in [6.45, 7) is 1.14. The SMILES string of the molecule is O=C(/C=C/c1n[nH]c2ccccc12)N(CCn1cccn1)c1ccccc1. The van der Waals surface area contributed by atoms with E-state index in [2.05, 4.69) is 15.3 Å². The monoisotopic (exact) mass is 357 g/mol. The smallest absolute Gasteiger partial charge is 0.251 e. The Balaban J connectivity index is 1.56. The first kappa shape index (κ1) is 16.8. The summed E-state index contributed by atoms with van der Waals surface area (Å²) >= 11 is 0. The lowest BCUT2D eigenvalue weighted by molar-refractivity contribution is -0.114. The van der Waals surface area contributed by atoms with E-state index in [0.717, 1.165) is 22.3 Å². The first-order chi connectivity index (χ1) is 13.3. The number of aromatic nitrogens is 4. The minimum Gasteiger partial charge on any atom is -0.307 e. The molecule has 0 fully saturated rings. The van der Waals surface area contributed by atoms with Crippen LogP contribution in [-0.2, 0) is 11.3 Å². The molecule has 2 heterocycles. The second-order valence-electron chi connectivity index (χ2n) is 6.08. The molecular weight excluding hydrogens is 338 g/mol. The topological polar surface area (TPSA) is 66.8 Å². The van der Waals surface area contributed by atoms with Gasteiger partial charge in [-0.15, -0.1) is 0 Å². The average Bonchev–Trinajstić information content (AvgIpc) is 3.37. The van der Waals surface area contributed by atoms with Gasteiger partial charge in [0.2, 0.25) is 0 Å². The fourth-order valence-electron chi connectivity index (χ4n) is 2.96. The van der Waals surface area contributed by atoms with Gasteiger partial charge in [-0.1, -0.05) is 36.4 Å². The molecule has 0 spiro atoms. The minimum atomic E-state index is -0.0968. The van der Waals surface area contributed by atoms with Crippen LogP contribution in [0.1, 0.15) is 5.69 Å². The summed E-state index contributed by atoms with van der Waals surface area (Å²) in [5, 5.41) is 12.5. The lowest BCUT2D eigenvalue weighted by Gasteiger charge is -2.21. The summed E-state index contributed by atoms with van der Waals surface area (Å²) in [7, 11) is 0. The van der Waals surface area contributed by atoms with E-state index in [0.29, 0.717) is 13.1 Å². The molecule has 0 aliphatic rings. The van der Waals surface area contributed by atoms with Gasteiger partial charge in [0, 0.05) is 36.1 Å². The number of benzene rings is 2. The Labute approximate surface area is 156 Å². The Morgan fingerprint density at radius 1 is 1.07 bits per heavy atom. The third kappa shape index (κ3) is 3.79. The lowest BCUT2D eigenvalue weighted by Crippen LogP contribution is -2.32. The Morgan fingerprint density at radius 2 is 1.89 bits per heavy atom. The molecule has 0 atom stereocenters. The van der Waals surface area contributed by atoms with Crippen molar-refractivity contribution in [1.82, 2.24) is 20.0 Å². The van der Waals surface area contributed by atoms with Crippen LogP contribution in [0.2, 0.25) is 0 Å². The normalized spacial score (nSPS) is 11.3. The number of nitrogens with zero attached hydrogens (tertiary/aromatic N) is 4. The highest BCUT2D eigenvalue weighted by molar-refractivity contribution is 6.04. The number of rotatable bonds is 6. The molecule has 2 aromatic carbocycles. The highest BCUT2D eigenvalue weighted by Gasteiger charge is 2.13. The molecule has 1 amide bonds. The zero-order valence-corrected chi connectivity index (χ0v) is 14.7. The molecule has 1 N–H and O–H groups in total. The second-order valence-corrected chi connectivity index (χ2v) is 6.08. The molecule has 0 aliphatic carbocycles. The molecule has 0 saturated carbocycles.